The van der Waals surface area contributed by atoms with E-state index in [9.17, 15) is 19.5 Å². The summed E-state index contributed by atoms with van der Waals surface area (Å²) in [5, 5.41) is 9.19. The monoisotopic (exact) mass is 336 g/mol. The van der Waals surface area contributed by atoms with Crippen LogP contribution in [-0.2, 0) is 25.4 Å². The molecule has 7 heteroatoms. The minimum absolute atomic E-state index is 0.00662. The maximum absolute atomic E-state index is 12.4. The lowest BCUT2D eigenvalue weighted by Crippen LogP contribution is -2.24. The molecule has 2 atom stereocenters. The van der Waals surface area contributed by atoms with Gasteiger partial charge >= 0.3 is 17.9 Å². The number of aryl methyl sites for hydroxylation is 1. The lowest BCUT2D eigenvalue weighted by Gasteiger charge is -2.17. The first-order valence-corrected chi connectivity index (χ1v) is 7.35. The topological polar surface area (TPSA) is 99.1 Å². The second-order valence-corrected chi connectivity index (χ2v) is 4.81. The van der Waals surface area contributed by atoms with Gasteiger partial charge in [-0.2, -0.15) is 0 Å². The Morgan fingerprint density at radius 1 is 1.17 bits per heavy atom. The van der Waals surface area contributed by atoms with Crippen LogP contribution < -0.4 is 0 Å². The van der Waals surface area contributed by atoms with Crippen LogP contribution in [0, 0.1) is 0 Å². The minimum Gasteiger partial charge on any atom is -0.433 e. The first-order valence-electron chi connectivity index (χ1n) is 7.35. The van der Waals surface area contributed by atoms with Crippen LogP contribution in [-0.4, -0.2) is 35.6 Å². The van der Waals surface area contributed by atoms with E-state index >= 15 is 0 Å². The Morgan fingerprint density at radius 3 is 2.38 bits per heavy atom. The van der Waals surface area contributed by atoms with Crippen molar-refractivity contribution in [1.82, 2.24) is 0 Å². The van der Waals surface area contributed by atoms with Gasteiger partial charge in [-0.05, 0) is 25.0 Å². The van der Waals surface area contributed by atoms with Crippen molar-refractivity contribution in [3.63, 3.8) is 0 Å². The summed E-state index contributed by atoms with van der Waals surface area (Å²) in [5.74, 6) is -2.44. The Balaban J connectivity index is 3.11. The van der Waals surface area contributed by atoms with Gasteiger partial charge in [0.05, 0.1) is 11.1 Å². The zero-order chi connectivity index (χ0) is 18.3. The largest absolute Gasteiger partial charge is 0.433 e. The highest BCUT2D eigenvalue weighted by atomic mass is 16.7. The maximum Gasteiger partial charge on any atom is 0.342 e. The molecule has 1 rings (SSSR count). The van der Waals surface area contributed by atoms with Crippen molar-refractivity contribution in [1.29, 1.82) is 0 Å². The van der Waals surface area contributed by atoms with Gasteiger partial charge in [-0.3, -0.25) is 0 Å². The van der Waals surface area contributed by atoms with E-state index in [4.69, 9.17) is 14.2 Å². The van der Waals surface area contributed by atoms with Gasteiger partial charge < -0.3 is 19.3 Å². The summed E-state index contributed by atoms with van der Waals surface area (Å²) in [5.41, 5.74) is 0.525. The van der Waals surface area contributed by atoms with Gasteiger partial charge in [0.2, 0.25) is 6.29 Å². The van der Waals surface area contributed by atoms with E-state index < -0.39 is 30.5 Å². The van der Waals surface area contributed by atoms with E-state index in [1.165, 1.54) is 19.9 Å². The summed E-state index contributed by atoms with van der Waals surface area (Å²) in [6, 6.07) is 4.65. The maximum atomic E-state index is 12.4. The molecule has 0 aromatic heterocycles. The van der Waals surface area contributed by atoms with Gasteiger partial charge in [-0.1, -0.05) is 25.6 Å². The Hall–Kier alpha value is -2.67. The van der Waals surface area contributed by atoms with Crippen LogP contribution in [0.2, 0.25) is 0 Å². The predicted octanol–water partition coefficient (Wildman–Crippen LogP) is 1.98. The van der Waals surface area contributed by atoms with E-state index in [0.29, 0.717) is 12.0 Å². The van der Waals surface area contributed by atoms with Crippen LogP contribution in [0.5, 0.6) is 0 Å². The third-order valence-corrected chi connectivity index (χ3v) is 2.96. The lowest BCUT2D eigenvalue weighted by atomic mass is 9.99. The van der Waals surface area contributed by atoms with E-state index in [0.717, 1.165) is 6.08 Å². The zero-order valence-electron chi connectivity index (χ0n) is 13.8. The van der Waals surface area contributed by atoms with Crippen molar-refractivity contribution in [3.05, 3.63) is 47.5 Å². The molecule has 130 valence electrons. The molecule has 0 radical (unpaired) electrons. The highest BCUT2D eigenvalue weighted by Crippen LogP contribution is 2.19. The number of hydrogen-bond donors (Lipinski definition) is 1. The van der Waals surface area contributed by atoms with Crippen molar-refractivity contribution in [2.75, 3.05) is 0 Å². The van der Waals surface area contributed by atoms with E-state index in [-0.39, 0.29) is 11.1 Å². The quantitative estimate of drug-likeness (QED) is 0.462. The van der Waals surface area contributed by atoms with Gasteiger partial charge in [0.1, 0.15) is 0 Å². The number of carbonyl (C=O) groups excluding carboxylic acids is 3. The molecule has 0 fully saturated rings. The SMILES string of the molecule is C=CC(=O)OC(C)OC(=O)c1c(CC)cccc1C(=O)OC(C)O. The fourth-order valence-electron chi connectivity index (χ4n) is 1.97. The molecule has 0 spiro atoms. The highest BCUT2D eigenvalue weighted by Gasteiger charge is 2.25. The Labute approximate surface area is 139 Å². The molecule has 1 aromatic carbocycles. The van der Waals surface area contributed by atoms with Gasteiger partial charge in [0.15, 0.2) is 6.29 Å². The van der Waals surface area contributed by atoms with Crippen LogP contribution in [0.15, 0.2) is 30.9 Å². The smallest absolute Gasteiger partial charge is 0.342 e. The molecule has 0 aliphatic heterocycles. The molecule has 2 unspecified atom stereocenters. The summed E-state index contributed by atoms with van der Waals surface area (Å²) in [7, 11) is 0. The average Bonchev–Trinajstić information content (AvgIpc) is 2.52. The first-order chi connectivity index (χ1) is 11.3. The summed E-state index contributed by atoms with van der Waals surface area (Å²) < 4.78 is 14.5. The van der Waals surface area contributed by atoms with Crippen LogP contribution >= 0.6 is 0 Å². The number of aliphatic hydroxyl groups excluding tert-OH is 1. The Kier molecular flexibility index (Phi) is 7.13. The van der Waals surface area contributed by atoms with Crippen LogP contribution in [0.4, 0.5) is 0 Å². The third kappa shape index (κ3) is 5.20. The molecular formula is C17H20O7. The fraction of sp³-hybridized carbons (Fsp3) is 0.353. The molecule has 7 nitrogen and oxygen atoms in total. The number of hydrogen-bond acceptors (Lipinski definition) is 7. The molecule has 0 aliphatic rings. The van der Waals surface area contributed by atoms with Crippen molar-refractivity contribution in [3.8, 4) is 0 Å². The number of rotatable bonds is 7. The van der Waals surface area contributed by atoms with Gasteiger partial charge in [-0.15, -0.1) is 0 Å². The van der Waals surface area contributed by atoms with Crippen LogP contribution in [0.1, 0.15) is 47.1 Å². The summed E-state index contributed by atoms with van der Waals surface area (Å²) in [4.78, 5) is 35.6. The van der Waals surface area contributed by atoms with E-state index in [1.54, 1.807) is 19.1 Å². The van der Waals surface area contributed by atoms with Gasteiger partial charge in [-0.25, -0.2) is 14.4 Å². The molecule has 24 heavy (non-hydrogen) atoms. The number of benzene rings is 1. The number of esters is 3. The fourth-order valence-corrected chi connectivity index (χ4v) is 1.97. The third-order valence-electron chi connectivity index (χ3n) is 2.96. The minimum atomic E-state index is -1.32. The standard InChI is InChI=1S/C17H20O7/c1-5-12-8-7-9-13(16(20)22-10(3)18)15(12)17(21)24-11(4)23-14(19)6-2/h6-11,18H,2,5H2,1,3-4H3. The summed E-state index contributed by atoms with van der Waals surface area (Å²) in [6.07, 6.45) is -1.08. The van der Waals surface area contributed by atoms with E-state index in [1.807, 2.05) is 0 Å². The number of ether oxygens (including phenoxy) is 3. The molecule has 0 saturated heterocycles. The molecule has 0 bridgehead atoms. The predicted molar refractivity (Wildman–Crippen MR) is 84.1 cm³/mol. The highest BCUT2D eigenvalue weighted by molar-refractivity contribution is 6.04. The van der Waals surface area contributed by atoms with Crippen LogP contribution in [0.3, 0.4) is 0 Å². The van der Waals surface area contributed by atoms with E-state index in [2.05, 4.69) is 6.58 Å². The molecular weight excluding hydrogens is 316 g/mol. The molecule has 0 heterocycles. The summed E-state index contributed by atoms with van der Waals surface area (Å²) >= 11 is 0. The second kappa shape index (κ2) is 8.83. The molecule has 0 amide bonds. The normalized spacial score (nSPS) is 12.7. The molecule has 1 aromatic rings. The number of aliphatic hydroxyl groups is 1. The summed E-state index contributed by atoms with van der Waals surface area (Å²) in [6.45, 7) is 7.68. The Morgan fingerprint density at radius 2 is 1.83 bits per heavy atom. The van der Waals surface area contributed by atoms with Crippen molar-refractivity contribution >= 4 is 17.9 Å². The van der Waals surface area contributed by atoms with Crippen molar-refractivity contribution < 1.29 is 33.7 Å². The number of carbonyl (C=O) groups is 3. The average molecular weight is 336 g/mol. The molecule has 0 aliphatic carbocycles. The first kappa shape index (κ1) is 19.4. The second-order valence-electron chi connectivity index (χ2n) is 4.81. The zero-order valence-corrected chi connectivity index (χ0v) is 13.8. The molecule has 1 N–H and O–H groups in total. The Bertz CT molecular complexity index is 634. The van der Waals surface area contributed by atoms with Crippen molar-refractivity contribution in [2.45, 2.75) is 39.8 Å². The molecule has 0 saturated carbocycles. The van der Waals surface area contributed by atoms with Gasteiger partial charge in [0, 0.05) is 13.0 Å². The van der Waals surface area contributed by atoms with Gasteiger partial charge in [0.25, 0.3) is 0 Å². The lowest BCUT2D eigenvalue weighted by molar-refractivity contribution is -0.159. The van der Waals surface area contributed by atoms with Crippen LogP contribution in [0.25, 0.3) is 0 Å². The van der Waals surface area contributed by atoms with Crippen molar-refractivity contribution in [2.24, 2.45) is 0 Å².